The van der Waals surface area contributed by atoms with Gasteiger partial charge < -0.3 is 9.84 Å². The van der Waals surface area contributed by atoms with Crippen LogP contribution in [0.2, 0.25) is 0 Å². The SMILES string of the molecule is CCC1CCC(N2CCOC(C(=O)O)C2)C1. The van der Waals surface area contributed by atoms with E-state index < -0.39 is 12.1 Å². The van der Waals surface area contributed by atoms with E-state index in [0.717, 1.165) is 12.5 Å². The molecule has 1 N–H and O–H groups in total. The Balaban J connectivity index is 1.87. The summed E-state index contributed by atoms with van der Waals surface area (Å²) in [5, 5.41) is 8.95. The first-order valence-corrected chi connectivity index (χ1v) is 6.29. The van der Waals surface area contributed by atoms with E-state index in [1.165, 1.54) is 25.7 Å². The van der Waals surface area contributed by atoms with Gasteiger partial charge >= 0.3 is 5.97 Å². The fourth-order valence-corrected chi connectivity index (χ4v) is 2.90. The minimum Gasteiger partial charge on any atom is -0.479 e. The summed E-state index contributed by atoms with van der Waals surface area (Å²) in [5.74, 6) is 0.0193. The first kappa shape index (κ1) is 11.9. The van der Waals surface area contributed by atoms with Crippen molar-refractivity contribution in [2.75, 3.05) is 19.7 Å². The molecule has 3 unspecified atom stereocenters. The number of carbonyl (C=O) groups is 1. The molecule has 0 aromatic carbocycles. The Hall–Kier alpha value is -0.610. The summed E-state index contributed by atoms with van der Waals surface area (Å²) in [5.41, 5.74) is 0. The van der Waals surface area contributed by atoms with E-state index in [4.69, 9.17) is 9.84 Å². The van der Waals surface area contributed by atoms with Crippen molar-refractivity contribution < 1.29 is 14.6 Å². The third-order valence-electron chi connectivity index (χ3n) is 3.98. The van der Waals surface area contributed by atoms with Gasteiger partial charge in [0.15, 0.2) is 6.10 Å². The lowest BCUT2D eigenvalue weighted by Crippen LogP contribution is -2.49. The third kappa shape index (κ3) is 2.55. The lowest BCUT2D eigenvalue weighted by atomic mass is 10.0. The van der Waals surface area contributed by atoms with Crippen molar-refractivity contribution in [2.24, 2.45) is 5.92 Å². The number of hydrogen-bond donors (Lipinski definition) is 1. The van der Waals surface area contributed by atoms with Gasteiger partial charge in [0.25, 0.3) is 0 Å². The number of rotatable bonds is 3. The molecule has 1 aliphatic carbocycles. The molecule has 1 heterocycles. The summed E-state index contributed by atoms with van der Waals surface area (Å²) >= 11 is 0. The lowest BCUT2D eigenvalue weighted by molar-refractivity contribution is -0.157. The maximum absolute atomic E-state index is 10.9. The van der Waals surface area contributed by atoms with Crippen molar-refractivity contribution in [1.29, 1.82) is 0 Å². The number of hydrogen-bond acceptors (Lipinski definition) is 3. The Morgan fingerprint density at radius 2 is 2.31 bits per heavy atom. The van der Waals surface area contributed by atoms with Crippen molar-refractivity contribution in [3.63, 3.8) is 0 Å². The lowest BCUT2D eigenvalue weighted by Gasteiger charge is -2.35. The predicted octanol–water partition coefficient (Wildman–Crippen LogP) is 1.35. The summed E-state index contributed by atoms with van der Waals surface area (Å²) in [6.45, 7) is 4.26. The monoisotopic (exact) mass is 227 g/mol. The normalized spacial score (nSPS) is 36.4. The Bertz CT molecular complexity index is 257. The van der Waals surface area contributed by atoms with Crippen LogP contribution in [0.15, 0.2) is 0 Å². The molecular weight excluding hydrogens is 206 g/mol. The Labute approximate surface area is 96.6 Å². The molecule has 0 amide bonds. The molecule has 2 rings (SSSR count). The topological polar surface area (TPSA) is 49.8 Å². The average Bonchev–Trinajstić information content (AvgIpc) is 2.77. The van der Waals surface area contributed by atoms with Crippen LogP contribution in [0.3, 0.4) is 0 Å². The van der Waals surface area contributed by atoms with Crippen LogP contribution in [0.4, 0.5) is 0 Å². The molecule has 92 valence electrons. The Morgan fingerprint density at radius 3 is 2.94 bits per heavy atom. The first-order valence-electron chi connectivity index (χ1n) is 6.29. The van der Waals surface area contributed by atoms with Crippen LogP contribution < -0.4 is 0 Å². The molecular formula is C12H21NO3. The number of nitrogens with zero attached hydrogens (tertiary/aromatic N) is 1. The maximum Gasteiger partial charge on any atom is 0.334 e. The summed E-state index contributed by atoms with van der Waals surface area (Å²) < 4.78 is 5.24. The van der Waals surface area contributed by atoms with Crippen molar-refractivity contribution in [1.82, 2.24) is 4.90 Å². The highest BCUT2D eigenvalue weighted by Crippen LogP contribution is 2.32. The van der Waals surface area contributed by atoms with Gasteiger partial charge in [0.1, 0.15) is 0 Å². The van der Waals surface area contributed by atoms with E-state index in [1.807, 2.05) is 0 Å². The van der Waals surface area contributed by atoms with Crippen LogP contribution in [-0.2, 0) is 9.53 Å². The molecule has 0 aromatic rings. The van der Waals surface area contributed by atoms with Gasteiger partial charge in [0, 0.05) is 19.1 Å². The van der Waals surface area contributed by atoms with Gasteiger partial charge in [-0.3, -0.25) is 4.90 Å². The van der Waals surface area contributed by atoms with E-state index in [-0.39, 0.29) is 0 Å². The zero-order valence-corrected chi connectivity index (χ0v) is 9.89. The molecule has 0 bridgehead atoms. The van der Waals surface area contributed by atoms with Gasteiger partial charge in [-0.25, -0.2) is 4.79 Å². The molecule has 0 radical (unpaired) electrons. The summed E-state index contributed by atoms with van der Waals surface area (Å²) in [7, 11) is 0. The van der Waals surface area contributed by atoms with E-state index >= 15 is 0 Å². The van der Waals surface area contributed by atoms with Gasteiger partial charge in [0.05, 0.1) is 6.61 Å². The number of morpholine rings is 1. The third-order valence-corrected chi connectivity index (χ3v) is 3.98. The van der Waals surface area contributed by atoms with Crippen molar-refractivity contribution in [2.45, 2.75) is 44.8 Å². The largest absolute Gasteiger partial charge is 0.479 e. The Morgan fingerprint density at radius 1 is 1.50 bits per heavy atom. The summed E-state index contributed by atoms with van der Waals surface area (Å²) in [6, 6.07) is 0.593. The van der Waals surface area contributed by atoms with E-state index in [9.17, 15) is 4.79 Å². The predicted molar refractivity (Wildman–Crippen MR) is 60.4 cm³/mol. The van der Waals surface area contributed by atoms with E-state index in [0.29, 0.717) is 19.2 Å². The zero-order valence-electron chi connectivity index (χ0n) is 9.89. The molecule has 0 aromatic heterocycles. The summed E-state index contributed by atoms with van der Waals surface area (Å²) in [6.07, 6.45) is 4.40. The quantitative estimate of drug-likeness (QED) is 0.790. The van der Waals surface area contributed by atoms with Gasteiger partial charge in [0.2, 0.25) is 0 Å². The van der Waals surface area contributed by atoms with Crippen LogP contribution >= 0.6 is 0 Å². The van der Waals surface area contributed by atoms with Crippen molar-refractivity contribution >= 4 is 5.97 Å². The molecule has 2 aliphatic rings. The number of carboxylic acid groups (broad SMARTS) is 1. The molecule has 4 nitrogen and oxygen atoms in total. The van der Waals surface area contributed by atoms with Crippen LogP contribution in [0.1, 0.15) is 32.6 Å². The smallest absolute Gasteiger partial charge is 0.334 e. The average molecular weight is 227 g/mol. The van der Waals surface area contributed by atoms with Gasteiger partial charge in [-0.2, -0.15) is 0 Å². The second kappa shape index (κ2) is 5.15. The fourth-order valence-electron chi connectivity index (χ4n) is 2.90. The van der Waals surface area contributed by atoms with Crippen LogP contribution in [0.5, 0.6) is 0 Å². The molecule has 16 heavy (non-hydrogen) atoms. The standard InChI is InChI=1S/C12H21NO3/c1-2-9-3-4-10(7-9)13-5-6-16-11(8-13)12(14)15/h9-11H,2-8H2,1H3,(H,14,15). The van der Waals surface area contributed by atoms with Gasteiger partial charge in [-0.1, -0.05) is 13.3 Å². The highest BCUT2D eigenvalue weighted by molar-refractivity contribution is 5.72. The zero-order chi connectivity index (χ0) is 11.5. The highest BCUT2D eigenvalue weighted by atomic mass is 16.5. The molecule has 3 atom stereocenters. The minimum atomic E-state index is -0.824. The molecule has 1 saturated carbocycles. The number of ether oxygens (including phenoxy) is 1. The number of carboxylic acids is 1. The van der Waals surface area contributed by atoms with Crippen LogP contribution in [-0.4, -0.2) is 47.8 Å². The molecule has 1 saturated heterocycles. The van der Waals surface area contributed by atoms with Gasteiger partial charge in [-0.05, 0) is 25.2 Å². The second-order valence-electron chi connectivity index (χ2n) is 4.93. The molecule has 4 heteroatoms. The van der Waals surface area contributed by atoms with E-state index in [1.54, 1.807) is 0 Å². The van der Waals surface area contributed by atoms with Crippen LogP contribution in [0, 0.1) is 5.92 Å². The van der Waals surface area contributed by atoms with Crippen LogP contribution in [0.25, 0.3) is 0 Å². The van der Waals surface area contributed by atoms with E-state index in [2.05, 4.69) is 11.8 Å². The molecule has 1 aliphatic heterocycles. The fraction of sp³-hybridized carbons (Fsp3) is 0.917. The van der Waals surface area contributed by atoms with Crippen molar-refractivity contribution in [3.8, 4) is 0 Å². The Kier molecular flexibility index (Phi) is 3.82. The minimum absolute atomic E-state index is 0.560. The molecule has 2 fully saturated rings. The summed E-state index contributed by atoms with van der Waals surface area (Å²) in [4.78, 5) is 13.2. The second-order valence-corrected chi connectivity index (χ2v) is 4.93. The molecule has 0 spiro atoms. The maximum atomic E-state index is 10.9. The van der Waals surface area contributed by atoms with Gasteiger partial charge in [-0.15, -0.1) is 0 Å². The number of aliphatic carboxylic acids is 1. The van der Waals surface area contributed by atoms with Crippen molar-refractivity contribution in [3.05, 3.63) is 0 Å². The first-order chi connectivity index (χ1) is 7.70. The highest BCUT2D eigenvalue weighted by Gasteiger charge is 2.33.